The Hall–Kier alpha value is -0.130. The van der Waals surface area contributed by atoms with Crippen molar-refractivity contribution in [2.75, 3.05) is 18.9 Å². The molecule has 1 saturated carbocycles. The summed E-state index contributed by atoms with van der Waals surface area (Å²) in [5, 5.41) is 8.84. The SMILES string of the molecule is CC(C)CS(=O)(=O)NCC1(CCO)CC1. The van der Waals surface area contributed by atoms with E-state index >= 15 is 0 Å². The first-order valence-corrected chi connectivity index (χ1v) is 7.13. The van der Waals surface area contributed by atoms with Crippen molar-refractivity contribution >= 4 is 10.0 Å². The quantitative estimate of drug-likeness (QED) is 0.683. The number of hydrogen-bond donors (Lipinski definition) is 2. The third-order valence-corrected chi connectivity index (χ3v) is 4.51. The molecule has 0 spiro atoms. The Balaban J connectivity index is 2.36. The predicted molar refractivity (Wildman–Crippen MR) is 60.0 cm³/mol. The summed E-state index contributed by atoms with van der Waals surface area (Å²) >= 11 is 0. The third-order valence-electron chi connectivity index (χ3n) is 2.82. The molecule has 0 aromatic heterocycles. The first kappa shape index (κ1) is 12.9. The molecule has 4 nitrogen and oxygen atoms in total. The van der Waals surface area contributed by atoms with Gasteiger partial charge in [-0.1, -0.05) is 13.8 Å². The van der Waals surface area contributed by atoms with E-state index in [-0.39, 0.29) is 23.7 Å². The molecule has 0 aromatic rings. The minimum atomic E-state index is -3.12. The average Bonchev–Trinajstić information content (AvgIpc) is 2.81. The van der Waals surface area contributed by atoms with Gasteiger partial charge in [0, 0.05) is 13.2 Å². The van der Waals surface area contributed by atoms with Crippen LogP contribution >= 0.6 is 0 Å². The second kappa shape index (κ2) is 4.80. The van der Waals surface area contributed by atoms with E-state index in [1.54, 1.807) is 0 Å². The van der Waals surface area contributed by atoms with Crippen LogP contribution in [-0.2, 0) is 10.0 Å². The van der Waals surface area contributed by atoms with E-state index < -0.39 is 10.0 Å². The molecule has 0 atom stereocenters. The van der Waals surface area contributed by atoms with Crippen molar-refractivity contribution in [3.05, 3.63) is 0 Å². The Morgan fingerprint density at radius 2 is 2.00 bits per heavy atom. The summed E-state index contributed by atoms with van der Waals surface area (Å²) in [4.78, 5) is 0. The zero-order chi connectivity index (χ0) is 11.5. The Bertz CT molecular complexity index is 294. The normalized spacial score (nSPS) is 19.5. The van der Waals surface area contributed by atoms with Crippen LogP contribution in [0.4, 0.5) is 0 Å². The minimum absolute atomic E-state index is 0.0544. The molecule has 2 N–H and O–H groups in total. The maximum absolute atomic E-state index is 11.5. The van der Waals surface area contributed by atoms with E-state index in [9.17, 15) is 8.42 Å². The van der Waals surface area contributed by atoms with Crippen LogP contribution in [0.15, 0.2) is 0 Å². The molecule has 0 radical (unpaired) electrons. The van der Waals surface area contributed by atoms with Gasteiger partial charge in [-0.05, 0) is 30.6 Å². The average molecular weight is 235 g/mol. The van der Waals surface area contributed by atoms with Crippen molar-refractivity contribution in [1.82, 2.24) is 4.72 Å². The molecule has 1 aliphatic rings. The second-order valence-corrected chi connectivity index (χ2v) is 6.82. The van der Waals surface area contributed by atoms with Gasteiger partial charge in [0.1, 0.15) is 0 Å². The summed E-state index contributed by atoms with van der Waals surface area (Å²) in [6.07, 6.45) is 2.76. The van der Waals surface area contributed by atoms with Crippen LogP contribution in [0.3, 0.4) is 0 Å². The maximum Gasteiger partial charge on any atom is 0.211 e. The topological polar surface area (TPSA) is 66.4 Å². The lowest BCUT2D eigenvalue weighted by molar-refractivity contribution is 0.249. The third kappa shape index (κ3) is 4.49. The summed E-state index contributed by atoms with van der Waals surface area (Å²) < 4.78 is 25.7. The number of rotatable bonds is 7. The lowest BCUT2D eigenvalue weighted by atomic mass is 10.0. The van der Waals surface area contributed by atoms with Gasteiger partial charge in [-0.2, -0.15) is 0 Å². The van der Waals surface area contributed by atoms with E-state index in [2.05, 4.69) is 4.72 Å². The fourth-order valence-electron chi connectivity index (χ4n) is 1.69. The Morgan fingerprint density at radius 3 is 2.40 bits per heavy atom. The summed E-state index contributed by atoms with van der Waals surface area (Å²) in [6, 6.07) is 0. The molecule has 0 bridgehead atoms. The van der Waals surface area contributed by atoms with Crippen molar-refractivity contribution in [3.63, 3.8) is 0 Å². The van der Waals surface area contributed by atoms with Crippen molar-refractivity contribution in [2.45, 2.75) is 33.1 Å². The first-order chi connectivity index (χ1) is 6.89. The van der Waals surface area contributed by atoms with Gasteiger partial charge < -0.3 is 5.11 Å². The molecule has 0 heterocycles. The molecule has 0 saturated heterocycles. The Labute approximate surface area is 92.1 Å². The van der Waals surface area contributed by atoms with Crippen molar-refractivity contribution < 1.29 is 13.5 Å². The summed E-state index contributed by atoms with van der Waals surface area (Å²) in [5.41, 5.74) is 0.0544. The van der Waals surface area contributed by atoms with Gasteiger partial charge in [0.15, 0.2) is 0 Å². The van der Waals surface area contributed by atoms with Gasteiger partial charge in [-0.25, -0.2) is 13.1 Å². The van der Waals surface area contributed by atoms with Crippen LogP contribution in [0.1, 0.15) is 33.1 Å². The zero-order valence-corrected chi connectivity index (χ0v) is 10.3. The summed E-state index contributed by atoms with van der Waals surface area (Å²) in [7, 11) is -3.12. The molecule has 15 heavy (non-hydrogen) atoms. The molecule has 0 unspecified atom stereocenters. The van der Waals surface area contributed by atoms with Crippen LogP contribution in [-0.4, -0.2) is 32.4 Å². The molecular weight excluding hydrogens is 214 g/mol. The molecule has 0 aromatic carbocycles. The smallest absolute Gasteiger partial charge is 0.211 e. The first-order valence-electron chi connectivity index (χ1n) is 5.47. The number of nitrogens with one attached hydrogen (secondary N) is 1. The largest absolute Gasteiger partial charge is 0.396 e. The molecule has 0 amide bonds. The molecule has 0 aliphatic heterocycles. The van der Waals surface area contributed by atoms with Crippen LogP contribution in [0.2, 0.25) is 0 Å². The zero-order valence-electron chi connectivity index (χ0n) is 9.49. The van der Waals surface area contributed by atoms with Crippen LogP contribution < -0.4 is 4.72 Å². The Kier molecular flexibility index (Phi) is 4.14. The Morgan fingerprint density at radius 1 is 1.40 bits per heavy atom. The number of aliphatic hydroxyl groups is 1. The minimum Gasteiger partial charge on any atom is -0.396 e. The fraction of sp³-hybridized carbons (Fsp3) is 1.00. The van der Waals surface area contributed by atoms with Gasteiger partial charge in [0.25, 0.3) is 0 Å². The van der Waals surface area contributed by atoms with E-state index in [4.69, 9.17) is 5.11 Å². The highest BCUT2D eigenvalue weighted by molar-refractivity contribution is 7.89. The van der Waals surface area contributed by atoms with E-state index in [0.717, 1.165) is 12.8 Å². The lowest BCUT2D eigenvalue weighted by Gasteiger charge is -2.15. The monoisotopic (exact) mass is 235 g/mol. The molecule has 90 valence electrons. The van der Waals surface area contributed by atoms with Gasteiger partial charge in [-0.3, -0.25) is 0 Å². The summed E-state index contributed by atoms with van der Waals surface area (Å²) in [5.74, 6) is 0.331. The van der Waals surface area contributed by atoms with Crippen LogP contribution in [0.25, 0.3) is 0 Å². The highest BCUT2D eigenvalue weighted by atomic mass is 32.2. The highest BCUT2D eigenvalue weighted by Gasteiger charge is 2.42. The number of hydrogen-bond acceptors (Lipinski definition) is 3. The van der Waals surface area contributed by atoms with Gasteiger partial charge in [0.05, 0.1) is 5.75 Å². The number of aliphatic hydroxyl groups excluding tert-OH is 1. The van der Waals surface area contributed by atoms with Gasteiger partial charge in [0.2, 0.25) is 10.0 Å². The van der Waals surface area contributed by atoms with Gasteiger partial charge in [-0.15, -0.1) is 0 Å². The van der Waals surface area contributed by atoms with E-state index in [0.29, 0.717) is 13.0 Å². The molecule has 1 rings (SSSR count). The lowest BCUT2D eigenvalue weighted by Crippen LogP contribution is -2.33. The second-order valence-electron chi connectivity index (χ2n) is 4.97. The van der Waals surface area contributed by atoms with Crippen molar-refractivity contribution in [2.24, 2.45) is 11.3 Å². The fourth-order valence-corrected chi connectivity index (χ4v) is 3.21. The van der Waals surface area contributed by atoms with Crippen molar-refractivity contribution in [3.8, 4) is 0 Å². The van der Waals surface area contributed by atoms with Crippen LogP contribution in [0, 0.1) is 11.3 Å². The molecule has 1 aliphatic carbocycles. The molecular formula is C10H21NO3S. The summed E-state index contributed by atoms with van der Waals surface area (Å²) in [6.45, 7) is 4.41. The molecule has 5 heteroatoms. The highest BCUT2D eigenvalue weighted by Crippen LogP contribution is 2.47. The maximum atomic E-state index is 11.5. The predicted octanol–water partition coefficient (Wildman–Crippen LogP) is 0.724. The van der Waals surface area contributed by atoms with E-state index in [1.807, 2.05) is 13.8 Å². The molecule has 1 fully saturated rings. The van der Waals surface area contributed by atoms with Gasteiger partial charge >= 0.3 is 0 Å². The van der Waals surface area contributed by atoms with Crippen LogP contribution in [0.5, 0.6) is 0 Å². The van der Waals surface area contributed by atoms with Crippen molar-refractivity contribution in [1.29, 1.82) is 0 Å². The number of sulfonamides is 1. The van der Waals surface area contributed by atoms with E-state index in [1.165, 1.54) is 0 Å². The standard InChI is InChI=1S/C10H21NO3S/c1-9(2)7-15(13,14)11-8-10(3-4-10)5-6-12/h9,11-12H,3-8H2,1-2H3.